The Morgan fingerprint density at radius 1 is 1.55 bits per heavy atom. The van der Waals surface area contributed by atoms with Gasteiger partial charge in [-0.3, -0.25) is 4.68 Å². The minimum Gasteiger partial charge on any atom is -0.270 e. The molecule has 0 aliphatic rings. The van der Waals surface area contributed by atoms with Crippen LogP contribution < -0.4 is 0 Å². The van der Waals surface area contributed by atoms with Gasteiger partial charge in [0.05, 0.1) is 0 Å². The van der Waals surface area contributed by atoms with Crippen LogP contribution in [0, 0.1) is 13.8 Å². The molecule has 0 atom stereocenters. The van der Waals surface area contributed by atoms with Crippen molar-refractivity contribution in [3.8, 4) is 0 Å². The summed E-state index contributed by atoms with van der Waals surface area (Å²) in [5.41, 5.74) is 1.94. The van der Waals surface area contributed by atoms with Gasteiger partial charge in [0.2, 0.25) is 6.08 Å². The van der Waals surface area contributed by atoms with Crippen LogP contribution in [-0.2, 0) is 11.8 Å². The summed E-state index contributed by atoms with van der Waals surface area (Å²) in [5, 5.41) is 3.99. The highest BCUT2D eigenvalue weighted by Gasteiger charge is 2.05. The molecule has 0 aliphatic heterocycles. The first-order valence-electron chi connectivity index (χ1n) is 3.25. The Hall–Kier alpha value is -1.41. The van der Waals surface area contributed by atoms with Crippen molar-refractivity contribution >= 4 is 11.9 Å². The molecule has 0 spiro atoms. The SMILES string of the molecule is Cc1c(N=C=O)nn(C)c1C. The number of aromatic nitrogens is 2. The van der Waals surface area contributed by atoms with E-state index in [1.165, 1.54) is 6.08 Å². The van der Waals surface area contributed by atoms with Crippen molar-refractivity contribution in [2.24, 2.45) is 12.0 Å². The molecule has 1 aromatic rings. The molecular weight excluding hydrogens is 142 g/mol. The van der Waals surface area contributed by atoms with Gasteiger partial charge in [0, 0.05) is 18.3 Å². The number of isocyanates is 1. The zero-order chi connectivity index (χ0) is 8.43. The molecule has 1 heterocycles. The molecule has 0 aromatic carbocycles. The van der Waals surface area contributed by atoms with Crippen LogP contribution in [0.3, 0.4) is 0 Å². The van der Waals surface area contributed by atoms with E-state index >= 15 is 0 Å². The fourth-order valence-corrected chi connectivity index (χ4v) is 0.846. The molecule has 4 nitrogen and oxygen atoms in total. The molecule has 0 unspecified atom stereocenters. The van der Waals surface area contributed by atoms with Gasteiger partial charge in [-0.05, 0) is 13.8 Å². The maximum Gasteiger partial charge on any atom is 0.242 e. The van der Waals surface area contributed by atoms with Crippen LogP contribution in [0.2, 0.25) is 0 Å². The van der Waals surface area contributed by atoms with Crippen molar-refractivity contribution in [3.05, 3.63) is 11.3 Å². The zero-order valence-corrected chi connectivity index (χ0v) is 6.75. The molecule has 4 heteroatoms. The van der Waals surface area contributed by atoms with Gasteiger partial charge in [-0.1, -0.05) is 0 Å². The summed E-state index contributed by atoms with van der Waals surface area (Å²) in [5.74, 6) is 0.458. The third kappa shape index (κ3) is 1.21. The van der Waals surface area contributed by atoms with Gasteiger partial charge in [-0.15, -0.1) is 4.99 Å². The number of hydrogen-bond acceptors (Lipinski definition) is 3. The van der Waals surface area contributed by atoms with Crippen molar-refractivity contribution in [3.63, 3.8) is 0 Å². The van der Waals surface area contributed by atoms with Crippen LogP contribution in [0.1, 0.15) is 11.3 Å². The topological polar surface area (TPSA) is 47.2 Å². The number of aliphatic imine (C=N–C) groups is 1. The Balaban J connectivity index is 3.29. The van der Waals surface area contributed by atoms with Crippen molar-refractivity contribution in [2.45, 2.75) is 13.8 Å². The average Bonchev–Trinajstić information content (AvgIpc) is 2.19. The van der Waals surface area contributed by atoms with Gasteiger partial charge < -0.3 is 0 Å². The summed E-state index contributed by atoms with van der Waals surface area (Å²) < 4.78 is 1.69. The lowest BCUT2D eigenvalue weighted by atomic mass is 10.3. The molecule has 0 N–H and O–H groups in total. The van der Waals surface area contributed by atoms with Crippen LogP contribution in [0.25, 0.3) is 0 Å². The van der Waals surface area contributed by atoms with Crippen molar-refractivity contribution in [2.75, 3.05) is 0 Å². The van der Waals surface area contributed by atoms with E-state index in [-0.39, 0.29) is 0 Å². The van der Waals surface area contributed by atoms with Crippen LogP contribution in [-0.4, -0.2) is 15.9 Å². The van der Waals surface area contributed by atoms with E-state index in [1.807, 2.05) is 20.9 Å². The van der Waals surface area contributed by atoms with E-state index in [4.69, 9.17) is 0 Å². The largest absolute Gasteiger partial charge is 0.270 e. The molecule has 0 amide bonds. The first-order chi connectivity index (χ1) is 5.16. The minimum absolute atomic E-state index is 0.458. The quantitative estimate of drug-likeness (QED) is 0.444. The van der Waals surface area contributed by atoms with E-state index in [0.717, 1.165) is 11.3 Å². The molecule has 0 fully saturated rings. The first kappa shape index (κ1) is 7.69. The fraction of sp³-hybridized carbons (Fsp3) is 0.429. The Bertz CT molecular complexity index is 321. The normalized spacial score (nSPS) is 9.36. The van der Waals surface area contributed by atoms with E-state index < -0.39 is 0 Å². The minimum atomic E-state index is 0.458. The lowest BCUT2D eigenvalue weighted by Gasteiger charge is -1.90. The molecule has 11 heavy (non-hydrogen) atoms. The summed E-state index contributed by atoms with van der Waals surface area (Å²) in [6.07, 6.45) is 1.46. The van der Waals surface area contributed by atoms with Gasteiger partial charge in [-0.25, -0.2) is 4.79 Å². The molecule has 0 saturated heterocycles. The van der Waals surface area contributed by atoms with Crippen LogP contribution >= 0.6 is 0 Å². The molecule has 0 aliphatic carbocycles. The first-order valence-corrected chi connectivity index (χ1v) is 3.25. The average molecular weight is 151 g/mol. The van der Waals surface area contributed by atoms with Crippen LogP contribution in [0.4, 0.5) is 5.82 Å². The van der Waals surface area contributed by atoms with E-state index in [2.05, 4.69) is 10.1 Å². The predicted molar refractivity (Wildman–Crippen MR) is 40.5 cm³/mol. The summed E-state index contributed by atoms with van der Waals surface area (Å²) in [7, 11) is 1.81. The molecule has 58 valence electrons. The standard InChI is InChI=1S/C7H9N3O/c1-5-6(2)10(3)9-7(5)8-4-11/h1-3H3. The Morgan fingerprint density at radius 2 is 2.18 bits per heavy atom. The highest BCUT2D eigenvalue weighted by Crippen LogP contribution is 2.17. The van der Waals surface area contributed by atoms with Crippen molar-refractivity contribution < 1.29 is 4.79 Å². The number of aryl methyl sites for hydroxylation is 1. The lowest BCUT2D eigenvalue weighted by molar-refractivity contribution is 0.565. The van der Waals surface area contributed by atoms with Gasteiger partial charge in [-0.2, -0.15) is 5.10 Å². The highest BCUT2D eigenvalue weighted by atomic mass is 16.1. The molecular formula is C7H9N3O. The summed E-state index contributed by atoms with van der Waals surface area (Å²) >= 11 is 0. The molecule has 1 rings (SSSR count). The van der Waals surface area contributed by atoms with E-state index in [1.54, 1.807) is 4.68 Å². The Morgan fingerprint density at radius 3 is 2.55 bits per heavy atom. The van der Waals surface area contributed by atoms with E-state index in [9.17, 15) is 4.79 Å². The number of rotatable bonds is 1. The van der Waals surface area contributed by atoms with Gasteiger partial charge in [0.15, 0.2) is 5.82 Å². The third-order valence-electron chi connectivity index (χ3n) is 1.76. The molecule has 0 bridgehead atoms. The second-order valence-electron chi connectivity index (χ2n) is 2.36. The zero-order valence-electron chi connectivity index (χ0n) is 6.75. The second-order valence-corrected chi connectivity index (χ2v) is 2.36. The number of nitrogens with zero attached hydrogens (tertiary/aromatic N) is 3. The Labute approximate surface area is 64.6 Å². The monoisotopic (exact) mass is 151 g/mol. The fourth-order valence-electron chi connectivity index (χ4n) is 0.846. The van der Waals surface area contributed by atoms with Crippen molar-refractivity contribution in [1.29, 1.82) is 0 Å². The molecule has 1 aromatic heterocycles. The van der Waals surface area contributed by atoms with E-state index in [0.29, 0.717) is 5.82 Å². The van der Waals surface area contributed by atoms with Crippen LogP contribution in [0.15, 0.2) is 4.99 Å². The summed E-state index contributed by atoms with van der Waals surface area (Å²) in [6.45, 7) is 3.80. The van der Waals surface area contributed by atoms with Gasteiger partial charge in [0.1, 0.15) is 0 Å². The predicted octanol–water partition coefficient (Wildman–Crippen LogP) is 1.00. The van der Waals surface area contributed by atoms with Crippen molar-refractivity contribution in [1.82, 2.24) is 9.78 Å². The summed E-state index contributed by atoms with van der Waals surface area (Å²) in [4.78, 5) is 13.4. The maximum absolute atomic E-state index is 9.91. The molecule has 0 radical (unpaired) electrons. The van der Waals surface area contributed by atoms with Crippen LogP contribution in [0.5, 0.6) is 0 Å². The number of carbonyl (C=O) groups excluding carboxylic acids is 1. The third-order valence-corrected chi connectivity index (χ3v) is 1.76. The summed E-state index contributed by atoms with van der Waals surface area (Å²) in [6, 6.07) is 0. The Kier molecular flexibility index (Phi) is 1.87. The maximum atomic E-state index is 9.91. The molecule has 0 saturated carbocycles. The van der Waals surface area contributed by atoms with Gasteiger partial charge in [0.25, 0.3) is 0 Å². The highest BCUT2D eigenvalue weighted by molar-refractivity contribution is 5.49. The number of hydrogen-bond donors (Lipinski definition) is 0. The smallest absolute Gasteiger partial charge is 0.242 e. The second kappa shape index (κ2) is 2.68. The lowest BCUT2D eigenvalue weighted by Crippen LogP contribution is -1.91. The van der Waals surface area contributed by atoms with Gasteiger partial charge >= 0.3 is 0 Å².